The summed E-state index contributed by atoms with van der Waals surface area (Å²) in [6, 6.07) is 4.07. The molecule has 15 heavy (non-hydrogen) atoms. The number of aliphatic hydroxyl groups is 1. The van der Waals surface area contributed by atoms with Crippen LogP contribution >= 0.6 is 22.7 Å². The van der Waals surface area contributed by atoms with Gasteiger partial charge in [0.1, 0.15) is 0 Å². The van der Waals surface area contributed by atoms with E-state index in [-0.39, 0.29) is 6.10 Å². The number of thiazole rings is 1. The molecule has 0 spiro atoms. The number of hydrogen-bond donors (Lipinski definition) is 1. The lowest BCUT2D eigenvalue weighted by Crippen LogP contribution is -2.12. The van der Waals surface area contributed by atoms with Crippen molar-refractivity contribution in [3.63, 3.8) is 0 Å². The number of aryl methyl sites for hydroxylation is 1. The van der Waals surface area contributed by atoms with E-state index in [1.165, 1.54) is 4.88 Å². The zero-order chi connectivity index (χ0) is 10.7. The topological polar surface area (TPSA) is 33.1 Å². The number of aliphatic hydroxyl groups excluding tert-OH is 1. The van der Waals surface area contributed by atoms with Gasteiger partial charge in [0.2, 0.25) is 0 Å². The van der Waals surface area contributed by atoms with Crippen LogP contribution in [0.2, 0.25) is 0 Å². The summed E-state index contributed by atoms with van der Waals surface area (Å²) in [7, 11) is 0. The summed E-state index contributed by atoms with van der Waals surface area (Å²) in [6.45, 7) is 1.98. The predicted octanol–water partition coefficient (Wildman–Crippen LogP) is 2.66. The van der Waals surface area contributed by atoms with Gasteiger partial charge in [0.05, 0.1) is 11.1 Å². The molecule has 2 nitrogen and oxygen atoms in total. The molecule has 4 heteroatoms. The minimum Gasteiger partial charge on any atom is -0.392 e. The summed E-state index contributed by atoms with van der Waals surface area (Å²) in [5.74, 6) is 0. The largest absolute Gasteiger partial charge is 0.392 e. The Labute approximate surface area is 97.2 Å². The van der Waals surface area contributed by atoms with Gasteiger partial charge in [-0.1, -0.05) is 6.07 Å². The van der Waals surface area contributed by atoms with Crippen LogP contribution in [0.1, 0.15) is 15.6 Å². The second-order valence-corrected chi connectivity index (χ2v) is 5.50. The number of rotatable bonds is 4. The summed E-state index contributed by atoms with van der Waals surface area (Å²) < 4.78 is 0. The van der Waals surface area contributed by atoms with Crippen molar-refractivity contribution in [1.29, 1.82) is 0 Å². The Kier molecular flexibility index (Phi) is 3.51. The first-order valence-electron chi connectivity index (χ1n) is 4.85. The molecular weight excluding hydrogens is 226 g/mol. The Morgan fingerprint density at radius 3 is 2.87 bits per heavy atom. The van der Waals surface area contributed by atoms with E-state index in [1.54, 1.807) is 22.7 Å². The van der Waals surface area contributed by atoms with Crippen LogP contribution in [0.3, 0.4) is 0 Å². The van der Waals surface area contributed by atoms with E-state index in [9.17, 15) is 5.11 Å². The molecule has 2 rings (SSSR count). The second kappa shape index (κ2) is 4.88. The fourth-order valence-corrected chi connectivity index (χ4v) is 3.05. The van der Waals surface area contributed by atoms with Crippen molar-refractivity contribution in [2.24, 2.45) is 0 Å². The molecule has 2 aromatic heterocycles. The molecule has 80 valence electrons. The van der Waals surface area contributed by atoms with E-state index < -0.39 is 0 Å². The second-order valence-electron chi connectivity index (χ2n) is 3.52. The lowest BCUT2D eigenvalue weighted by Gasteiger charge is -2.06. The minimum atomic E-state index is -0.311. The summed E-state index contributed by atoms with van der Waals surface area (Å²) in [5, 5.41) is 14.9. The molecule has 1 unspecified atom stereocenters. The van der Waals surface area contributed by atoms with Gasteiger partial charge in [0.25, 0.3) is 0 Å². The molecule has 2 aromatic rings. The smallest absolute Gasteiger partial charge is 0.0954 e. The molecule has 0 aromatic carbocycles. The quantitative estimate of drug-likeness (QED) is 0.890. The molecule has 0 saturated heterocycles. The fourth-order valence-electron chi connectivity index (χ4n) is 1.43. The molecule has 1 N–H and O–H groups in total. The van der Waals surface area contributed by atoms with Crippen LogP contribution in [0.5, 0.6) is 0 Å². The Hall–Kier alpha value is -0.710. The van der Waals surface area contributed by atoms with Gasteiger partial charge in [-0.05, 0) is 18.4 Å². The molecule has 0 bridgehead atoms. The third-order valence-corrected chi connectivity index (χ3v) is 3.98. The van der Waals surface area contributed by atoms with Crippen LogP contribution in [-0.4, -0.2) is 16.2 Å². The van der Waals surface area contributed by atoms with Crippen molar-refractivity contribution in [3.8, 4) is 0 Å². The molecule has 0 saturated carbocycles. The Morgan fingerprint density at radius 1 is 1.40 bits per heavy atom. The lowest BCUT2D eigenvalue weighted by molar-refractivity contribution is 0.176. The fraction of sp³-hybridized carbons (Fsp3) is 0.364. The highest BCUT2D eigenvalue weighted by atomic mass is 32.1. The van der Waals surface area contributed by atoms with Crippen LogP contribution in [0, 0.1) is 6.92 Å². The summed E-state index contributed by atoms with van der Waals surface area (Å²) in [5.41, 5.74) is 1.04. The Morgan fingerprint density at radius 2 is 2.27 bits per heavy atom. The Bertz CT molecular complexity index is 408. The standard InChI is InChI=1S/C11H13NOS2/c1-8-7-15-11(12-8)6-9(13)5-10-3-2-4-14-10/h2-4,7,9,13H,5-6H2,1H3. The van der Waals surface area contributed by atoms with Gasteiger partial charge < -0.3 is 5.11 Å². The third-order valence-electron chi connectivity index (χ3n) is 2.09. The first kappa shape index (κ1) is 10.8. The van der Waals surface area contributed by atoms with Crippen LogP contribution in [0.25, 0.3) is 0 Å². The average Bonchev–Trinajstić information content (AvgIpc) is 2.77. The van der Waals surface area contributed by atoms with Crippen molar-refractivity contribution < 1.29 is 5.11 Å². The van der Waals surface area contributed by atoms with E-state index >= 15 is 0 Å². The van der Waals surface area contributed by atoms with Crippen LogP contribution in [0.4, 0.5) is 0 Å². The molecule has 0 aliphatic rings. The van der Waals surface area contributed by atoms with Gasteiger partial charge in [-0.3, -0.25) is 0 Å². The first-order chi connectivity index (χ1) is 7.24. The van der Waals surface area contributed by atoms with Crippen LogP contribution < -0.4 is 0 Å². The summed E-state index contributed by atoms with van der Waals surface area (Å²) in [6.07, 6.45) is 1.08. The van der Waals surface area contributed by atoms with E-state index in [0.717, 1.165) is 17.1 Å². The number of hydrogen-bond acceptors (Lipinski definition) is 4. The van der Waals surface area contributed by atoms with Crippen LogP contribution in [0.15, 0.2) is 22.9 Å². The molecule has 2 heterocycles. The molecule has 0 radical (unpaired) electrons. The predicted molar refractivity (Wildman–Crippen MR) is 64.6 cm³/mol. The molecule has 1 atom stereocenters. The van der Waals surface area contributed by atoms with Gasteiger partial charge in [-0.25, -0.2) is 4.98 Å². The first-order valence-corrected chi connectivity index (χ1v) is 6.61. The zero-order valence-corrected chi connectivity index (χ0v) is 10.1. The maximum absolute atomic E-state index is 9.86. The molecule has 0 fully saturated rings. The SMILES string of the molecule is Cc1csc(CC(O)Cc2cccs2)n1. The Balaban J connectivity index is 1.90. The highest BCUT2D eigenvalue weighted by Crippen LogP contribution is 2.15. The van der Waals surface area contributed by atoms with E-state index in [0.29, 0.717) is 6.42 Å². The van der Waals surface area contributed by atoms with Crippen molar-refractivity contribution in [3.05, 3.63) is 38.5 Å². The minimum absolute atomic E-state index is 0.311. The zero-order valence-electron chi connectivity index (χ0n) is 8.51. The normalized spacial score (nSPS) is 12.9. The van der Waals surface area contributed by atoms with Crippen molar-refractivity contribution in [2.75, 3.05) is 0 Å². The molecule has 0 aliphatic heterocycles. The van der Waals surface area contributed by atoms with Crippen molar-refractivity contribution in [2.45, 2.75) is 25.9 Å². The van der Waals surface area contributed by atoms with Gasteiger partial charge in [0, 0.05) is 28.8 Å². The van der Waals surface area contributed by atoms with Crippen molar-refractivity contribution >= 4 is 22.7 Å². The van der Waals surface area contributed by atoms with Gasteiger partial charge in [0.15, 0.2) is 0 Å². The third kappa shape index (κ3) is 3.12. The van der Waals surface area contributed by atoms with Gasteiger partial charge in [-0.15, -0.1) is 22.7 Å². The average molecular weight is 239 g/mol. The number of aromatic nitrogens is 1. The lowest BCUT2D eigenvalue weighted by atomic mass is 10.2. The molecular formula is C11H13NOS2. The highest BCUT2D eigenvalue weighted by molar-refractivity contribution is 7.10. The molecule has 0 aliphatic carbocycles. The monoisotopic (exact) mass is 239 g/mol. The summed E-state index contributed by atoms with van der Waals surface area (Å²) >= 11 is 3.31. The van der Waals surface area contributed by atoms with Gasteiger partial charge >= 0.3 is 0 Å². The van der Waals surface area contributed by atoms with Gasteiger partial charge in [-0.2, -0.15) is 0 Å². The van der Waals surface area contributed by atoms with E-state index in [1.807, 2.05) is 23.8 Å². The number of thiophene rings is 1. The van der Waals surface area contributed by atoms with Crippen LogP contribution in [-0.2, 0) is 12.8 Å². The highest BCUT2D eigenvalue weighted by Gasteiger charge is 2.09. The van der Waals surface area contributed by atoms with Crippen molar-refractivity contribution in [1.82, 2.24) is 4.98 Å². The van der Waals surface area contributed by atoms with E-state index in [4.69, 9.17) is 0 Å². The molecule has 0 amide bonds. The van der Waals surface area contributed by atoms with E-state index in [2.05, 4.69) is 11.1 Å². The number of nitrogens with zero attached hydrogens (tertiary/aromatic N) is 1. The maximum Gasteiger partial charge on any atom is 0.0954 e. The maximum atomic E-state index is 9.86. The summed E-state index contributed by atoms with van der Waals surface area (Å²) in [4.78, 5) is 5.57.